The van der Waals surface area contributed by atoms with Crippen molar-refractivity contribution in [2.75, 3.05) is 69.7 Å². The molecule has 5 rings (SSSR count). The van der Waals surface area contributed by atoms with Crippen molar-refractivity contribution in [1.29, 1.82) is 0 Å². The highest BCUT2D eigenvalue weighted by atomic mass is 19.4. The summed E-state index contributed by atoms with van der Waals surface area (Å²) in [5.41, 5.74) is -0.843. The number of pyridine rings is 2. The molecule has 0 saturated carbocycles. The second-order valence-electron chi connectivity index (χ2n) is 10.2. The van der Waals surface area contributed by atoms with Crippen LogP contribution in [0.3, 0.4) is 0 Å². The van der Waals surface area contributed by atoms with E-state index in [1.807, 2.05) is 11.9 Å². The van der Waals surface area contributed by atoms with Crippen LogP contribution in [0.2, 0.25) is 0 Å². The molecule has 1 aromatic carbocycles. The topological polar surface area (TPSA) is 93.8 Å². The summed E-state index contributed by atoms with van der Waals surface area (Å²) in [4.78, 5) is 37.2. The highest BCUT2D eigenvalue weighted by molar-refractivity contribution is 6.07. The molecule has 1 amide bonds. The number of nitrogens with zero attached hydrogens (tertiary/aromatic N) is 4. The van der Waals surface area contributed by atoms with Gasteiger partial charge in [0.25, 0.3) is 5.91 Å². The molecule has 3 aromatic rings. The maximum atomic E-state index is 15.0. The van der Waals surface area contributed by atoms with E-state index < -0.39 is 34.7 Å². The molecule has 2 aliphatic rings. The standard InChI is InChI=1S/C28H30F4N6O3/c1-36-4-6-38(7-5-36)24-3-2-19(20-12-18(15-34-26(20)29)17-37-8-10-41-11-9-37)13-23(24)35-27(40)21-16-33-25(39)14-22(21)28(30,31)32/h2-3,12-16H,4-11,17H2,1H3,(H,33,39)(H,35,40). The van der Waals surface area contributed by atoms with Gasteiger partial charge in [-0.2, -0.15) is 17.6 Å². The lowest BCUT2D eigenvalue weighted by Gasteiger charge is -2.35. The molecule has 2 fully saturated rings. The number of alkyl halides is 3. The Hall–Kier alpha value is -3.81. The summed E-state index contributed by atoms with van der Waals surface area (Å²) in [7, 11) is 1.98. The Balaban J connectivity index is 1.51. The van der Waals surface area contributed by atoms with E-state index in [4.69, 9.17) is 4.74 Å². The average molecular weight is 575 g/mol. The number of benzene rings is 1. The third kappa shape index (κ3) is 6.75. The van der Waals surface area contributed by atoms with Crippen LogP contribution >= 0.6 is 0 Å². The van der Waals surface area contributed by atoms with Crippen molar-refractivity contribution in [1.82, 2.24) is 19.8 Å². The monoisotopic (exact) mass is 574 g/mol. The summed E-state index contributed by atoms with van der Waals surface area (Å²) in [6.45, 7) is 6.00. The number of H-pyrrole nitrogens is 1. The lowest BCUT2D eigenvalue weighted by atomic mass is 10.0. The van der Waals surface area contributed by atoms with Crippen molar-refractivity contribution < 1.29 is 27.1 Å². The number of hydrogen-bond acceptors (Lipinski definition) is 7. The number of carbonyl (C=O) groups is 1. The molecule has 0 radical (unpaired) electrons. The van der Waals surface area contributed by atoms with Gasteiger partial charge < -0.3 is 24.8 Å². The summed E-state index contributed by atoms with van der Waals surface area (Å²) < 4.78 is 61.4. The quantitative estimate of drug-likeness (QED) is 0.344. The van der Waals surface area contributed by atoms with Gasteiger partial charge in [-0.05, 0) is 36.4 Å². The molecule has 0 unspecified atom stereocenters. The normalized spacial score (nSPS) is 17.0. The Morgan fingerprint density at radius 3 is 2.51 bits per heavy atom. The van der Waals surface area contributed by atoms with Gasteiger partial charge in [-0.1, -0.05) is 6.07 Å². The lowest BCUT2D eigenvalue weighted by molar-refractivity contribution is -0.138. The molecule has 0 aliphatic carbocycles. The highest BCUT2D eigenvalue weighted by Gasteiger charge is 2.36. The molecule has 0 spiro atoms. The molecular weight excluding hydrogens is 544 g/mol. The van der Waals surface area contributed by atoms with Crippen LogP contribution in [-0.4, -0.2) is 85.2 Å². The number of anilines is 2. The van der Waals surface area contributed by atoms with Gasteiger partial charge in [0.15, 0.2) is 0 Å². The number of likely N-dealkylation sites (N-methyl/N-ethyl adjacent to an activating group) is 1. The van der Waals surface area contributed by atoms with E-state index in [1.54, 1.807) is 24.3 Å². The fourth-order valence-electron chi connectivity index (χ4n) is 5.01. The molecule has 2 saturated heterocycles. The molecule has 13 heteroatoms. The third-order valence-corrected chi connectivity index (χ3v) is 7.28. The van der Waals surface area contributed by atoms with Gasteiger partial charge in [0.05, 0.1) is 35.7 Å². The zero-order chi connectivity index (χ0) is 29.1. The molecule has 4 heterocycles. The number of ether oxygens (including phenoxy) is 1. The van der Waals surface area contributed by atoms with Gasteiger partial charge in [0.1, 0.15) is 0 Å². The molecule has 2 N–H and O–H groups in total. The Bertz CT molecular complexity index is 1460. The predicted octanol–water partition coefficient (Wildman–Crippen LogP) is 3.43. The first-order valence-corrected chi connectivity index (χ1v) is 13.2. The Labute approximate surface area is 233 Å². The van der Waals surface area contributed by atoms with E-state index in [0.29, 0.717) is 50.2 Å². The minimum Gasteiger partial charge on any atom is -0.379 e. The molecule has 0 atom stereocenters. The fraction of sp³-hybridized carbons (Fsp3) is 0.393. The minimum absolute atomic E-state index is 0.205. The van der Waals surface area contributed by atoms with Crippen molar-refractivity contribution in [2.24, 2.45) is 0 Å². The molecule has 2 aliphatic heterocycles. The SMILES string of the molecule is CN1CCN(c2ccc(-c3cc(CN4CCOCC4)cnc3F)cc2NC(=O)c2c[nH]c(=O)cc2C(F)(F)F)CC1. The summed E-state index contributed by atoms with van der Waals surface area (Å²) in [6.07, 6.45) is -2.69. The maximum Gasteiger partial charge on any atom is 0.417 e. The van der Waals surface area contributed by atoms with Crippen molar-refractivity contribution >= 4 is 17.3 Å². The van der Waals surface area contributed by atoms with E-state index in [0.717, 1.165) is 37.9 Å². The van der Waals surface area contributed by atoms with E-state index in [1.165, 1.54) is 6.20 Å². The van der Waals surface area contributed by atoms with Crippen molar-refractivity contribution in [3.05, 3.63) is 75.7 Å². The number of piperazine rings is 1. The van der Waals surface area contributed by atoms with Crippen molar-refractivity contribution in [2.45, 2.75) is 12.7 Å². The van der Waals surface area contributed by atoms with Crippen LogP contribution in [-0.2, 0) is 17.5 Å². The number of aromatic nitrogens is 2. The minimum atomic E-state index is -4.92. The number of rotatable bonds is 6. The van der Waals surface area contributed by atoms with E-state index in [-0.39, 0.29) is 11.3 Å². The zero-order valence-electron chi connectivity index (χ0n) is 22.4. The van der Waals surface area contributed by atoms with Crippen LogP contribution in [0.25, 0.3) is 11.1 Å². The lowest BCUT2D eigenvalue weighted by Crippen LogP contribution is -2.44. The van der Waals surface area contributed by atoms with Crippen molar-refractivity contribution in [3.63, 3.8) is 0 Å². The Morgan fingerprint density at radius 1 is 1.07 bits per heavy atom. The molecule has 2 aromatic heterocycles. The first-order valence-electron chi connectivity index (χ1n) is 13.2. The van der Waals surface area contributed by atoms with E-state index in [2.05, 4.69) is 25.1 Å². The number of amides is 1. The average Bonchev–Trinajstić information content (AvgIpc) is 2.94. The van der Waals surface area contributed by atoms with Gasteiger partial charge >= 0.3 is 6.18 Å². The number of morpholine rings is 1. The number of aromatic amines is 1. The first-order chi connectivity index (χ1) is 19.6. The van der Waals surface area contributed by atoms with Crippen LogP contribution in [0.4, 0.5) is 28.9 Å². The number of halogens is 4. The Kier molecular flexibility index (Phi) is 8.38. The summed E-state index contributed by atoms with van der Waals surface area (Å²) in [5.74, 6) is -1.76. The maximum absolute atomic E-state index is 15.0. The summed E-state index contributed by atoms with van der Waals surface area (Å²) in [5, 5.41) is 2.60. The van der Waals surface area contributed by atoms with Crippen molar-refractivity contribution in [3.8, 4) is 11.1 Å². The molecule has 218 valence electrons. The van der Waals surface area contributed by atoms with Crippen LogP contribution < -0.4 is 15.8 Å². The third-order valence-electron chi connectivity index (χ3n) is 7.28. The smallest absolute Gasteiger partial charge is 0.379 e. The number of hydrogen-bond donors (Lipinski definition) is 2. The first kappa shape index (κ1) is 28.7. The number of nitrogens with one attached hydrogen (secondary N) is 2. The van der Waals surface area contributed by atoms with E-state index in [9.17, 15) is 22.8 Å². The van der Waals surface area contributed by atoms with Crippen LogP contribution in [0.1, 0.15) is 21.5 Å². The van der Waals surface area contributed by atoms with Crippen LogP contribution in [0.5, 0.6) is 0 Å². The predicted molar refractivity (Wildman–Crippen MR) is 145 cm³/mol. The highest BCUT2D eigenvalue weighted by Crippen LogP contribution is 2.35. The molecule has 41 heavy (non-hydrogen) atoms. The second-order valence-corrected chi connectivity index (χ2v) is 10.2. The molecule has 0 bridgehead atoms. The van der Waals surface area contributed by atoms with Crippen LogP contribution in [0, 0.1) is 5.95 Å². The van der Waals surface area contributed by atoms with Gasteiger partial charge in [-0.15, -0.1) is 0 Å². The summed E-state index contributed by atoms with van der Waals surface area (Å²) >= 11 is 0. The van der Waals surface area contributed by atoms with Gasteiger partial charge in [-0.25, -0.2) is 4.98 Å². The fourth-order valence-corrected chi connectivity index (χ4v) is 5.01. The Morgan fingerprint density at radius 2 is 1.80 bits per heavy atom. The molecular formula is C28H30F4N6O3. The largest absolute Gasteiger partial charge is 0.417 e. The molecule has 9 nitrogen and oxygen atoms in total. The van der Waals surface area contributed by atoms with Crippen LogP contribution in [0.15, 0.2) is 47.5 Å². The zero-order valence-corrected chi connectivity index (χ0v) is 22.4. The number of carbonyl (C=O) groups excluding carboxylic acids is 1. The summed E-state index contributed by atoms with van der Waals surface area (Å²) in [6, 6.07) is 7.03. The van der Waals surface area contributed by atoms with Gasteiger partial charge in [0.2, 0.25) is 11.5 Å². The van der Waals surface area contributed by atoms with Gasteiger partial charge in [0, 0.05) is 69.8 Å². The van der Waals surface area contributed by atoms with E-state index >= 15 is 4.39 Å². The van der Waals surface area contributed by atoms with Gasteiger partial charge in [-0.3, -0.25) is 14.5 Å². The second kappa shape index (κ2) is 12.0.